The lowest BCUT2D eigenvalue weighted by atomic mass is 9.84. The smallest absolute Gasteiger partial charge is 0.225 e. The van der Waals surface area contributed by atoms with E-state index in [2.05, 4.69) is 10.4 Å². The second-order valence-corrected chi connectivity index (χ2v) is 10.2. The number of carbonyl (C=O) groups is 1. The lowest BCUT2D eigenvalue weighted by Crippen LogP contribution is -2.44. The quantitative estimate of drug-likeness (QED) is 0.393. The number of aromatic nitrogens is 2. The van der Waals surface area contributed by atoms with Crippen LogP contribution in [0.3, 0.4) is 0 Å². The van der Waals surface area contributed by atoms with Crippen LogP contribution in [0.1, 0.15) is 61.2 Å². The molecule has 2 aromatic carbocycles. The first-order chi connectivity index (χ1) is 17.5. The number of nitrogens with one attached hydrogen (secondary N) is 1. The first kappa shape index (κ1) is 24.7. The number of amides is 1. The largest absolute Gasteiger partial charge is 0.489 e. The standard InChI is InChI=1S/C28H33ClN4O3/c1-19-16-23(36-18-20-6-3-2-4-7-20)10-11-25(19)31-27(34)26-24(29)17-30-33(26)22-12-14-32(15-13-22)28(35)21-8-5-9-21/h2-4,6-7,10-11,16-17,21-22,27,31,34H,5,8-9,12-15,18H2,1H3. The summed E-state index contributed by atoms with van der Waals surface area (Å²) in [6.07, 6.45) is 5.36. The molecule has 2 fully saturated rings. The molecule has 190 valence electrons. The topological polar surface area (TPSA) is 79.6 Å². The third kappa shape index (κ3) is 5.37. The van der Waals surface area contributed by atoms with Gasteiger partial charge in [-0.05, 0) is 61.9 Å². The Balaban J connectivity index is 1.22. The van der Waals surface area contributed by atoms with Crippen molar-refractivity contribution in [3.8, 4) is 5.75 Å². The molecule has 1 saturated heterocycles. The van der Waals surface area contributed by atoms with Crippen molar-refractivity contribution in [1.29, 1.82) is 0 Å². The SMILES string of the molecule is Cc1cc(OCc2ccccc2)ccc1NC(O)c1c(Cl)cnn1C1CCN(C(=O)C2CCC2)CC1. The number of aliphatic hydroxyl groups excluding tert-OH is 1. The number of hydrogen-bond acceptors (Lipinski definition) is 5. The molecule has 0 spiro atoms. The normalized spacial score (nSPS) is 17.5. The lowest BCUT2D eigenvalue weighted by Gasteiger charge is -2.37. The van der Waals surface area contributed by atoms with E-state index in [1.54, 1.807) is 6.20 Å². The summed E-state index contributed by atoms with van der Waals surface area (Å²) in [6.45, 7) is 3.89. The number of benzene rings is 2. The molecule has 0 bridgehead atoms. The van der Waals surface area contributed by atoms with E-state index in [9.17, 15) is 9.90 Å². The summed E-state index contributed by atoms with van der Waals surface area (Å²) in [5.74, 6) is 1.29. The van der Waals surface area contributed by atoms with Gasteiger partial charge in [0.25, 0.3) is 0 Å². The average Bonchev–Trinajstić information content (AvgIpc) is 3.25. The molecule has 3 aromatic rings. The number of halogens is 1. The van der Waals surface area contributed by atoms with Crippen molar-refractivity contribution in [2.45, 2.75) is 57.9 Å². The second-order valence-electron chi connectivity index (χ2n) is 9.80. The van der Waals surface area contributed by atoms with Crippen LogP contribution >= 0.6 is 11.6 Å². The van der Waals surface area contributed by atoms with E-state index in [-0.39, 0.29) is 12.0 Å². The molecule has 1 atom stereocenters. The zero-order valence-electron chi connectivity index (χ0n) is 20.6. The fourth-order valence-electron chi connectivity index (χ4n) is 4.99. The highest BCUT2D eigenvalue weighted by atomic mass is 35.5. The van der Waals surface area contributed by atoms with Gasteiger partial charge in [-0.2, -0.15) is 5.10 Å². The molecule has 1 aliphatic carbocycles. The predicted octanol–water partition coefficient (Wildman–Crippen LogP) is 5.49. The van der Waals surface area contributed by atoms with Gasteiger partial charge in [-0.3, -0.25) is 9.48 Å². The third-order valence-corrected chi connectivity index (χ3v) is 7.65. The van der Waals surface area contributed by atoms with Crippen LogP contribution < -0.4 is 10.1 Å². The molecule has 1 aromatic heterocycles. The minimum absolute atomic E-state index is 0.0873. The van der Waals surface area contributed by atoms with E-state index in [4.69, 9.17) is 16.3 Å². The Morgan fingerprint density at radius 3 is 2.58 bits per heavy atom. The molecule has 2 heterocycles. The summed E-state index contributed by atoms with van der Waals surface area (Å²) < 4.78 is 7.75. The van der Waals surface area contributed by atoms with Gasteiger partial charge >= 0.3 is 0 Å². The summed E-state index contributed by atoms with van der Waals surface area (Å²) in [5, 5.41) is 19.2. The van der Waals surface area contributed by atoms with E-state index >= 15 is 0 Å². The number of aryl methyl sites for hydroxylation is 1. The Kier molecular flexibility index (Phi) is 7.48. The molecule has 2 N–H and O–H groups in total. The fraction of sp³-hybridized carbons (Fsp3) is 0.429. The van der Waals surface area contributed by atoms with Gasteiger partial charge in [-0.25, -0.2) is 0 Å². The van der Waals surface area contributed by atoms with Crippen molar-refractivity contribution in [1.82, 2.24) is 14.7 Å². The summed E-state index contributed by atoms with van der Waals surface area (Å²) in [7, 11) is 0. The lowest BCUT2D eigenvalue weighted by molar-refractivity contribution is -0.139. The molecular weight excluding hydrogens is 476 g/mol. The monoisotopic (exact) mass is 508 g/mol. The maximum absolute atomic E-state index is 12.6. The molecular formula is C28H33ClN4O3. The Hall–Kier alpha value is -3.03. The van der Waals surface area contributed by atoms with Gasteiger partial charge in [0.15, 0.2) is 6.23 Å². The van der Waals surface area contributed by atoms with Gasteiger partial charge in [0.1, 0.15) is 18.1 Å². The van der Waals surface area contributed by atoms with Gasteiger partial charge in [-0.1, -0.05) is 48.4 Å². The van der Waals surface area contributed by atoms with Crippen LogP contribution in [0, 0.1) is 12.8 Å². The minimum atomic E-state index is -1.02. The summed E-state index contributed by atoms with van der Waals surface area (Å²) in [5.41, 5.74) is 3.39. The van der Waals surface area contributed by atoms with Crippen LogP contribution in [0.4, 0.5) is 5.69 Å². The maximum atomic E-state index is 12.6. The number of anilines is 1. The maximum Gasteiger partial charge on any atom is 0.225 e. The van der Waals surface area contributed by atoms with Crippen LogP contribution in [-0.2, 0) is 11.4 Å². The molecule has 1 saturated carbocycles. The molecule has 1 amide bonds. The Morgan fingerprint density at radius 1 is 1.17 bits per heavy atom. The Labute approximate surface area is 217 Å². The minimum Gasteiger partial charge on any atom is -0.489 e. The third-order valence-electron chi connectivity index (χ3n) is 7.36. The number of nitrogens with zero attached hydrogens (tertiary/aromatic N) is 3. The summed E-state index contributed by atoms with van der Waals surface area (Å²) >= 11 is 6.47. The summed E-state index contributed by atoms with van der Waals surface area (Å²) in [4.78, 5) is 14.6. The predicted molar refractivity (Wildman–Crippen MR) is 140 cm³/mol. The molecule has 0 radical (unpaired) electrons. The van der Waals surface area contributed by atoms with Crippen LogP contribution in [0.2, 0.25) is 5.02 Å². The summed E-state index contributed by atoms with van der Waals surface area (Å²) in [6, 6.07) is 15.9. The van der Waals surface area contributed by atoms with E-state index < -0.39 is 6.23 Å². The van der Waals surface area contributed by atoms with Crippen LogP contribution in [0.5, 0.6) is 5.75 Å². The van der Waals surface area contributed by atoms with Gasteiger partial charge < -0.3 is 20.1 Å². The van der Waals surface area contributed by atoms with Gasteiger partial charge in [0.2, 0.25) is 5.91 Å². The zero-order valence-corrected chi connectivity index (χ0v) is 21.3. The zero-order chi connectivity index (χ0) is 25.1. The highest BCUT2D eigenvalue weighted by Crippen LogP contribution is 2.34. The van der Waals surface area contributed by atoms with Crippen molar-refractivity contribution in [3.05, 3.63) is 76.6 Å². The molecule has 36 heavy (non-hydrogen) atoms. The van der Waals surface area contributed by atoms with Crippen molar-refractivity contribution < 1.29 is 14.6 Å². The van der Waals surface area contributed by atoms with E-state index in [1.165, 1.54) is 0 Å². The van der Waals surface area contributed by atoms with E-state index in [0.29, 0.717) is 36.3 Å². The number of ether oxygens (including phenoxy) is 1. The number of aliphatic hydroxyl groups is 1. The first-order valence-corrected chi connectivity index (χ1v) is 13.1. The van der Waals surface area contributed by atoms with Crippen LogP contribution in [0.25, 0.3) is 0 Å². The van der Waals surface area contributed by atoms with Crippen molar-refractivity contribution in [3.63, 3.8) is 0 Å². The highest BCUT2D eigenvalue weighted by molar-refractivity contribution is 6.31. The molecule has 2 aliphatic rings. The molecule has 1 unspecified atom stereocenters. The first-order valence-electron chi connectivity index (χ1n) is 12.7. The van der Waals surface area contributed by atoms with Crippen LogP contribution in [0.15, 0.2) is 54.7 Å². The number of piperidine rings is 1. The van der Waals surface area contributed by atoms with Gasteiger partial charge in [-0.15, -0.1) is 0 Å². The average molecular weight is 509 g/mol. The number of hydrogen-bond donors (Lipinski definition) is 2. The molecule has 8 heteroatoms. The van der Waals surface area contributed by atoms with Crippen LogP contribution in [-0.4, -0.2) is 38.8 Å². The van der Waals surface area contributed by atoms with Gasteiger partial charge in [0.05, 0.1) is 17.3 Å². The van der Waals surface area contributed by atoms with E-state index in [0.717, 1.165) is 54.7 Å². The Morgan fingerprint density at radius 2 is 1.92 bits per heavy atom. The fourth-order valence-corrected chi connectivity index (χ4v) is 5.22. The number of likely N-dealkylation sites (tertiary alicyclic amines) is 1. The van der Waals surface area contributed by atoms with Crippen molar-refractivity contribution in [2.75, 3.05) is 18.4 Å². The Bertz CT molecular complexity index is 1190. The molecule has 1 aliphatic heterocycles. The second kappa shape index (κ2) is 10.9. The molecule has 5 rings (SSSR count). The molecule has 7 nitrogen and oxygen atoms in total. The number of carbonyl (C=O) groups excluding carboxylic acids is 1. The van der Waals surface area contributed by atoms with Crippen molar-refractivity contribution in [2.24, 2.45) is 5.92 Å². The van der Waals surface area contributed by atoms with Gasteiger partial charge in [0, 0.05) is 24.7 Å². The number of rotatable bonds is 8. The highest BCUT2D eigenvalue weighted by Gasteiger charge is 2.33. The van der Waals surface area contributed by atoms with Crippen molar-refractivity contribution >= 4 is 23.2 Å². The van der Waals surface area contributed by atoms with E-state index in [1.807, 2.05) is 65.0 Å².